The first-order chi connectivity index (χ1) is 12.7. The Kier molecular flexibility index (Phi) is 5.06. The molecule has 0 spiro atoms. The SMILES string of the molecule is O=C(Nc1ccc(N2CCOCC2)cn1)C1CCN(C(=O)C2CC2)CC1. The predicted molar refractivity (Wildman–Crippen MR) is 97.9 cm³/mol. The second-order valence-electron chi connectivity index (χ2n) is 7.36. The Hall–Kier alpha value is -2.15. The van der Waals surface area contributed by atoms with Crippen molar-refractivity contribution in [3.63, 3.8) is 0 Å². The van der Waals surface area contributed by atoms with Crippen molar-refractivity contribution in [2.24, 2.45) is 11.8 Å². The normalized spacial score (nSPS) is 21.5. The van der Waals surface area contributed by atoms with Gasteiger partial charge < -0.3 is 19.9 Å². The predicted octanol–water partition coefficient (Wildman–Crippen LogP) is 1.51. The van der Waals surface area contributed by atoms with Gasteiger partial charge >= 0.3 is 0 Å². The number of piperidine rings is 1. The monoisotopic (exact) mass is 358 g/mol. The lowest BCUT2D eigenvalue weighted by Crippen LogP contribution is -2.42. The number of morpholine rings is 1. The highest BCUT2D eigenvalue weighted by Gasteiger charge is 2.36. The van der Waals surface area contributed by atoms with Crippen molar-refractivity contribution in [3.05, 3.63) is 18.3 Å². The third-order valence-corrected chi connectivity index (χ3v) is 5.48. The fourth-order valence-corrected chi connectivity index (χ4v) is 3.65. The summed E-state index contributed by atoms with van der Waals surface area (Å²) in [5, 5.41) is 2.92. The molecule has 0 aromatic carbocycles. The van der Waals surface area contributed by atoms with E-state index in [0.29, 0.717) is 18.9 Å². The molecule has 4 rings (SSSR count). The summed E-state index contributed by atoms with van der Waals surface area (Å²) in [6, 6.07) is 3.85. The minimum atomic E-state index is -0.0426. The van der Waals surface area contributed by atoms with Crippen LogP contribution in [-0.2, 0) is 14.3 Å². The summed E-state index contributed by atoms with van der Waals surface area (Å²) >= 11 is 0. The van der Waals surface area contributed by atoms with Crippen LogP contribution in [-0.4, -0.2) is 61.1 Å². The number of likely N-dealkylation sites (tertiary alicyclic amines) is 1. The quantitative estimate of drug-likeness (QED) is 0.883. The van der Waals surface area contributed by atoms with E-state index in [0.717, 1.165) is 57.7 Å². The van der Waals surface area contributed by atoms with Gasteiger partial charge in [-0.05, 0) is 37.8 Å². The van der Waals surface area contributed by atoms with Crippen LogP contribution in [0.15, 0.2) is 18.3 Å². The van der Waals surface area contributed by atoms with Gasteiger partial charge in [-0.3, -0.25) is 9.59 Å². The zero-order valence-corrected chi connectivity index (χ0v) is 15.0. The van der Waals surface area contributed by atoms with Crippen LogP contribution in [0.5, 0.6) is 0 Å². The van der Waals surface area contributed by atoms with E-state index >= 15 is 0 Å². The molecule has 0 atom stereocenters. The Morgan fingerprint density at radius 2 is 1.73 bits per heavy atom. The lowest BCUT2D eigenvalue weighted by atomic mass is 9.95. The van der Waals surface area contributed by atoms with Gasteiger partial charge in [0.15, 0.2) is 0 Å². The standard InChI is InChI=1S/C19H26N4O3/c24-18(14-5-7-23(8-6-14)19(25)15-1-2-15)21-17-4-3-16(13-20-17)22-9-11-26-12-10-22/h3-4,13-15H,1-2,5-12H2,(H,20,21,24). The molecule has 0 radical (unpaired) electrons. The van der Waals surface area contributed by atoms with Crippen LogP contribution in [0.3, 0.4) is 0 Å². The zero-order valence-electron chi connectivity index (χ0n) is 15.0. The Morgan fingerprint density at radius 3 is 2.35 bits per heavy atom. The van der Waals surface area contributed by atoms with Crippen molar-refractivity contribution in [3.8, 4) is 0 Å². The summed E-state index contributed by atoms with van der Waals surface area (Å²) in [6.07, 6.45) is 5.33. The molecule has 1 N–H and O–H groups in total. The zero-order chi connectivity index (χ0) is 17.9. The average molecular weight is 358 g/mol. The highest BCUT2D eigenvalue weighted by atomic mass is 16.5. The summed E-state index contributed by atoms with van der Waals surface area (Å²) < 4.78 is 5.36. The molecule has 1 aromatic rings. The number of nitrogens with zero attached hydrogens (tertiary/aromatic N) is 3. The maximum Gasteiger partial charge on any atom is 0.228 e. The van der Waals surface area contributed by atoms with Crippen LogP contribution >= 0.6 is 0 Å². The molecule has 2 saturated heterocycles. The van der Waals surface area contributed by atoms with E-state index in [1.807, 2.05) is 17.0 Å². The van der Waals surface area contributed by atoms with Gasteiger partial charge in [0.25, 0.3) is 0 Å². The summed E-state index contributed by atoms with van der Waals surface area (Å²) in [5.74, 6) is 1.09. The number of rotatable bonds is 4. The molecule has 2 aliphatic heterocycles. The molecule has 1 aromatic heterocycles. The molecule has 3 aliphatic rings. The van der Waals surface area contributed by atoms with Gasteiger partial charge in [-0.2, -0.15) is 0 Å². The summed E-state index contributed by atoms with van der Waals surface area (Å²) in [4.78, 5) is 33.1. The van der Waals surface area contributed by atoms with Crippen LogP contribution in [0.25, 0.3) is 0 Å². The van der Waals surface area contributed by atoms with Gasteiger partial charge in [0.05, 0.1) is 25.1 Å². The van der Waals surface area contributed by atoms with Gasteiger partial charge in [0.1, 0.15) is 5.82 Å². The van der Waals surface area contributed by atoms with Crippen molar-refractivity contribution in [2.45, 2.75) is 25.7 Å². The number of carbonyl (C=O) groups excluding carboxylic acids is 2. The van der Waals surface area contributed by atoms with E-state index in [1.54, 1.807) is 6.20 Å². The van der Waals surface area contributed by atoms with Crippen molar-refractivity contribution in [1.29, 1.82) is 0 Å². The number of hydrogen-bond donors (Lipinski definition) is 1. The molecule has 3 heterocycles. The van der Waals surface area contributed by atoms with Crippen LogP contribution in [0.2, 0.25) is 0 Å². The topological polar surface area (TPSA) is 74.8 Å². The molecule has 1 aliphatic carbocycles. The molecular weight excluding hydrogens is 332 g/mol. The Bertz CT molecular complexity index is 645. The molecule has 0 bridgehead atoms. The van der Waals surface area contributed by atoms with Crippen molar-refractivity contribution < 1.29 is 14.3 Å². The summed E-state index contributed by atoms with van der Waals surface area (Å²) in [6.45, 7) is 4.59. The number of aromatic nitrogens is 1. The average Bonchev–Trinajstić information content (AvgIpc) is 3.54. The van der Waals surface area contributed by atoms with Crippen LogP contribution in [0.4, 0.5) is 11.5 Å². The van der Waals surface area contributed by atoms with Crippen molar-refractivity contribution in [2.75, 3.05) is 49.6 Å². The smallest absolute Gasteiger partial charge is 0.228 e. The first-order valence-electron chi connectivity index (χ1n) is 9.59. The van der Waals surface area contributed by atoms with E-state index in [1.165, 1.54) is 0 Å². The van der Waals surface area contributed by atoms with Crippen LogP contribution < -0.4 is 10.2 Å². The Morgan fingerprint density at radius 1 is 1.00 bits per heavy atom. The number of hydrogen-bond acceptors (Lipinski definition) is 5. The fourth-order valence-electron chi connectivity index (χ4n) is 3.65. The fraction of sp³-hybridized carbons (Fsp3) is 0.632. The van der Waals surface area contributed by atoms with Crippen LogP contribution in [0, 0.1) is 11.8 Å². The minimum Gasteiger partial charge on any atom is -0.378 e. The molecule has 7 heteroatoms. The Balaban J connectivity index is 1.27. The molecule has 26 heavy (non-hydrogen) atoms. The van der Waals surface area contributed by atoms with Crippen LogP contribution in [0.1, 0.15) is 25.7 Å². The number of carbonyl (C=O) groups is 2. The lowest BCUT2D eigenvalue weighted by molar-refractivity contribution is -0.135. The molecule has 1 saturated carbocycles. The number of amides is 2. The third-order valence-electron chi connectivity index (χ3n) is 5.48. The first kappa shape index (κ1) is 17.3. The van der Waals surface area contributed by atoms with Gasteiger partial charge in [0.2, 0.25) is 11.8 Å². The minimum absolute atomic E-state index is 0.00939. The van der Waals surface area contributed by atoms with Gasteiger partial charge in [0, 0.05) is 38.0 Å². The lowest BCUT2D eigenvalue weighted by Gasteiger charge is -2.31. The molecule has 0 unspecified atom stereocenters. The largest absolute Gasteiger partial charge is 0.378 e. The van der Waals surface area contributed by atoms with E-state index in [4.69, 9.17) is 4.74 Å². The second kappa shape index (κ2) is 7.61. The number of anilines is 2. The number of pyridine rings is 1. The third kappa shape index (κ3) is 3.98. The van der Waals surface area contributed by atoms with Crippen molar-refractivity contribution in [1.82, 2.24) is 9.88 Å². The number of nitrogens with one attached hydrogen (secondary N) is 1. The van der Waals surface area contributed by atoms with E-state index in [2.05, 4.69) is 15.2 Å². The highest BCUT2D eigenvalue weighted by Crippen LogP contribution is 2.32. The van der Waals surface area contributed by atoms with Gasteiger partial charge in [-0.15, -0.1) is 0 Å². The summed E-state index contributed by atoms with van der Waals surface area (Å²) in [7, 11) is 0. The molecule has 3 fully saturated rings. The van der Waals surface area contributed by atoms with E-state index in [-0.39, 0.29) is 23.7 Å². The molecule has 7 nitrogen and oxygen atoms in total. The molecular formula is C19H26N4O3. The van der Waals surface area contributed by atoms with E-state index in [9.17, 15) is 9.59 Å². The highest BCUT2D eigenvalue weighted by molar-refractivity contribution is 5.92. The molecule has 140 valence electrons. The van der Waals surface area contributed by atoms with Gasteiger partial charge in [-0.25, -0.2) is 4.98 Å². The first-order valence-corrected chi connectivity index (χ1v) is 9.59. The maximum atomic E-state index is 12.5. The van der Waals surface area contributed by atoms with E-state index < -0.39 is 0 Å². The second-order valence-corrected chi connectivity index (χ2v) is 7.36. The maximum absolute atomic E-state index is 12.5. The molecule has 2 amide bonds. The van der Waals surface area contributed by atoms with Gasteiger partial charge in [-0.1, -0.05) is 0 Å². The number of ether oxygens (including phenoxy) is 1. The van der Waals surface area contributed by atoms with Crippen molar-refractivity contribution >= 4 is 23.3 Å². The summed E-state index contributed by atoms with van der Waals surface area (Å²) in [5.41, 5.74) is 1.05. The Labute approximate surface area is 153 Å².